The number of ether oxygens (including phenoxy) is 1. The van der Waals surface area contributed by atoms with Gasteiger partial charge in [0.2, 0.25) is 0 Å². The molecule has 1 aliphatic heterocycles. The smallest absolute Gasteiger partial charge is 0.262 e. The fraction of sp³-hybridized carbons (Fsp3) is 0.0625. The summed E-state index contributed by atoms with van der Waals surface area (Å²) in [7, 11) is 0. The zero-order valence-corrected chi connectivity index (χ0v) is 11.9. The lowest BCUT2D eigenvalue weighted by Gasteiger charge is -2.18. The Morgan fingerprint density at radius 2 is 2.22 bits per heavy atom. The SMILES string of the molecule is O=C1COc2cc(NC(=O)c3cnn4ccccc34)ccc2N1. The molecule has 2 amide bonds. The Bertz CT molecular complexity index is 932. The summed E-state index contributed by atoms with van der Waals surface area (Å²) in [4.78, 5) is 23.7. The first-order valence-electron chi connectivity index (χ1n) is 7.01. The predicted molar refractivity (Wildman–Crippen MR) is 83.7 cm³/mol. The van der Waals surface area contributed by atoms with Crippen molar-refractivity contribution in [2.45, 2.75) is 0 Å². The molecule has 0 saturated carbocycles. The highest BCUT2D eigenvalue weighted by Crippen LogP contribution is 2.30. The minimum absolute atomic E-state index is 0.0293. The van der Waals surface area contributed by atoms with Gasteiger partial charge in [-0.25, -0.2) is 4.52 Å². The number of amides is 2. The van der Waals surface area contributed by atoms with Crippen LogP contribution < -0.4 is 15.4 Å². The van der Waals surface area contributed by atoms with Gasteiger partial charge in [0.05, 0.1) is 23.0 Å². The van der Waals surface area contributed by atoms with E-state index in [1.54, 1.807) is 28.9 Å². The van der Waals surface area contributed by atoms with Crippen LogP contribution in [0.1, 0.15) is 10.4 Å². The van der Waals surface area contributed by atoms with Crippen molar-refractivity contribution in [3.05, 3.63) is 54.4 Å². The number of nitrogens with one attached hydrogen (secondary N) is 2. The van der Waals surface area contributed by atoms with E-state index in [-0.39, 0.29) is 18.4 Å². The zero-order valence-electron chi connectivity index (χ0n) is 11.9. The molecule has 7 heteroatoms. The summed E-state index contributed by atoms with van der Waals surface area (Å²) in [5.41, 5.74) is 2.39. The summed E-state index contributed by atoms with van der Waals surface area (Å²) in [6.07, 6.45) is 3.31. The first-order chi connectivity index (χ1) is 11.2. The fourth-order valence-electron chi connectivity index (χ4n) is 2.46. The monoisotopic (exact) mass is 308 g/mol. The number of anilines is 2. The molecule has 3 heterocycles. The molecule has 0 saturated heterocycles. The minimum Gasteiger partial charge on any atom is -0.482 e. The van der Waals surface area contributed by atoms with E-state index in [2.05, 4.69) is 15.7 Å². The molecular weight excluding hydrogens is 296 g/mol. The molecule has 2 N–H and O–H groups in total. The van der Waals surface area contributed by atoms with E-state index in [1.165, 1.54) is 6.20 Å². The molecule has 0 fully saturated rings. The largest absolute Gasteiger partial charge is 0.482 e. The summed E-state index contributed by atoms with van der Waals surface area (Å²) < 4.78 is 6.98. The van der Waals surface area contributed by atoms with Gasteiger partial charge in [0.1, 0.15) is 5.75 Å². The summed E-state index contributed by atoms with van der Waals surface area (Å²) in [5.74, 6) is 0.0777. The molecule has 0 spiro atoms. The third-order valence-corrected chi connectivity index (χ3v) is 3.54. The molecule has 0 bridgehead atoms. The summed E-state index contributed by atoms with van der Waals surface area (Å²) in [6.45, 7) is -0.0293. The minimum atomic E-state index is -0.258. The van der Waals surface area contributed by atoms with Crippen molar-refractivity contribution in [3.63, 3.8) is 0 Å². The van der Waals surface area contributed by atoms with Gasteiger partial charge in [0.15, 0.2) is 6.61 Å². The molecule has 4 rings (SSSR count). The predicted octanol–water partition coefficient (Wildman–Crippen LogP) is 1.92. The first kappa shape index (κ1) is 13.3. The van der Waals surface area contributed by atoms with Crippen LogP contribution in [0.25, 0.3) is 5.52 Å². The maximum Gasteiger partial charge on any atom is 0.262 e. The Hall–Kier alpha value is -3.35. The highest BCUT2D eigenvalue weighted by molar-refractivity contribution is 6.09. The number of rotatable bonds is 2. The zero-order chi connectivity index (χ0) is 15.8. The van der Waals surface area contributed by atoms with Crippen LogP contribution in [0.4, 0.5) is 11.4 Å². The van der Waals surface area contributed by atoms with Gasteiger partial charge in [-0.2, -0.15) is 5.10 Å². The third-order valence-electron chi connectivity index (χ3n) is 3.54. The lowest BCUT2D eigenvalue weighted by Crippen LogP contribution is -2.25. The average Bonchev–Trinajstić information content (AvgIpc) is 2.99. The van der Waals surface area contributed by atoms with Crippen LogP contribution >= 0.6 is 0 Å². The normalized spacial score (nSPS) is 13.1. The summed E-state index contributed by atoms with van der Waals surface area (Å²) in [5, 5.41) is 9.66. The van der Waals surface area contributed by atoms with Gasteiger partial charge in [-0.05, 0) is 24.3 Å². The van der Waals surface area contributed by atoms with Crippen molar-refractivity contribution in [1.29, 1.82) is 0 Å². The fourth-order valence-corrected chi connectivity index (χ4v) is 2.46. The molecular formula is C16H12N4O3. The first-order valence-corrected chi connectivity index (χ1v) is 7.01. The van der Waals surface area contributed by atoms with Gasteiger partial charge in [-0.15, -0.1) is 0 Å². The van der Waals surface area contributed by atoms with E-state index in [9.17, 15) is 9.59 Å². The highest BCUT2D eigenvalue weighted by Gasteiger charge is 2.17. The van der Waals surface area contributed by atoms with E-state index in [4.69, 9.17) is 4.74 Å². The number of pyridine rings is 1. The highest BCUT2D eigenvalue weighted by atomic mass is 16.5. The van der Waals surface area contributed by atoms with Gasteiger partial charge in [-0.1, -0.05) is 6.07 Å². The summed E-state index contributed by atoms with van der Waals surface area (Å²) in [6, 6.07) is 10.6. The number of hydrogen-bond acceptors (Lipinski definition) is 4. The molecule has 3 aromatic rings. The van der Waals surface area contributed by atoms with Gasteiger partial charge < -0.3 is 15.4 Å². The topological polar surface area (TPSA) is 84.7 Å². The van der Waals surface area contributed by atoms with Crippen molar-refractivity contribution < 1.29 is 14.3 Å². The molecule has 1 aromatic carbocycles. The van der Waals surface area contributed by atoms with Crippen molar-refractivity contribution in [2.75, 3.05) is 17.2 Å². The maximum atomic E-state index is 12.4. The molecule has 2 aromatic heterocycles. The van der Waals surface area contributed by atoms with Crippen LogP contribution in [0, 0.1) is 0 Å². The second-order valence-electron chi connectivity index (χ2n) is 5.09. The molecule has 0 atom stereocenters. The van der Waals surface area contributed by atoms with Gasteiger partial charge in [-0.3, -0.25) is 9.59 Å². The van der Waals surface area contributed by atoms with Gasteiger partial charge in [0, 0.05) is 18.0 Å². The molecule has 0 aliphatic carbocycles. The van der Waals surface area contributed by atoms with Crippen molar-refractivity contribution in [3.8, 4) is 5.75 Å². The number of benzene rings is 1. The average molecular weight is 308 g/mol. The molecule has 1 aliphatic rings. The Morgan fingerprint density at radius 1 is 1.30 bits per heavy atom. The van der Waals surface area contributed by atoms with Crippen molar-refractivity contribution >= 4 is 28.7 Å². The summed E-state index contributed by atoms with van der Waals surface area (Å²) >= 11 is 0. The van der Waals surface area contributed by atoms with E-state index >= 15 is 0 Å². The molecule has 7 nitrogen and oxygen atoms in total. The lowest BCUT2D eigenvalue weighted by atomic mass is 10.2. The Kier molecular flexibility index (Phi) is 2.97. The second kappa shape index (κ2) is 5.13. The maximum absolute atomic E-state index is 12.4. The Labute approximate surface area is 130 Å². The van der Waals surface area contributed by atoms with Gasteiger partial charge >= 0.3 is 0 Å². The lowest BCUT2D eigenvalue weighted by molar-refractivity contribution is -0.118. The van der Waals surface area contributed by atoms with E-state index in [0.717, 1.165) is 5.52 Å². The quantitative estimate of drug-likeness (QED) is 0.757. The van der Waals surface area contributed by atoms with E-state index in [1.807, 2.05) is 18.2 Å². The number of carbonyl (C=O) groups excluding carboxylic acids is 2. The molecule has 0 unspecified atom stereocenters. The van der Waals surface area contributed by atoms with Crippen LogP contribution in [0.15, 0.2) is 48.8 Å². The third kappa shape index (κ3) is 2.38. The van der Waals surface area contributed by atoms with Crippen LogP contribution in [0.2, 0.25) is 0 Å². The van der Waals surface area contributed by atoms with Crippen molar-refractivity contribution in [2.24, 2.45) is 0 Å². The molecule has 0 radical (unpaired) electrons. The molecule has 114 valence electrons. The van der Waals surface area contributed by atoms with E-state index < -0.39 is 0 Å². The second-order valence-corrected chi connectivity index (χ2v) is 5.09. The van der Waals surface area contributed by atoms with Crippen molar-refractivity contribution in [1.82, 2.24) is 9.61 Å². The number of hydrogen-bond donors (Lipinski definition) is 2. The van der Waals surface area contributed by atoms with E-state index in [0.29, 0.717) is 22.7 Å². The standard InChI is InChI=1S/C16H12N4O3/c21-15-9-23-14-7-10(4-5-12(14)19-15)18-16(22)11-8-17-20-6-2-1-3-13(11)20/h1-8H,9H2,(H,18,22)(H,19,21). The van der Waals surface area contributed by atoms with Crippen LogP contribution in [0.5, 0.6) is 5.75 Å². The van der Waals surface area contributed by atoms with Gasteiger partial charge in [0.25, 0.3) is 11.8 Å². The Morgan fingerprint density at radius 3 is 3.13 bits per heavy atom. The number of carbonyl (C=O) groups is 2. The number of nitrogens with zero attached hydrogens (tertiary/aromatic N) is 2. The number of aromatic nitrogens is 2. The van der Waals surface area contributed by atoms with Crippen LogP contribution in [0.3, 0.4) is 0 Å². The Balaban J connectivity index is 1.60. The van der Waals surface area contributed by atoms with Crippen LogP contribution in [-0.2, 0) is 4.79 Å². The molecule has 23 heavy (non-hydrogen) atoms. The number of fused-ring (bicyclic) bond motifs is 2. The van der Waals surface area contributed by atoms with Crippen LogP contribution in [-0.4, -0.2) is 28.0 Å².